The summed E-state index contributed by atoms with van der Waals surface area (Å²) in [5, 5.41) is 0. The summed E-state index contributed by atoms with van der Waals surface area (Å²) in [6.07, 6.45) is 12.0. The van der Waals surface area contributed by atoms with Gasteiger partial charge in [0, 0.05) is 0 Å². The molecular formula is C11H14. The van der Waals surface area contributed by atoms with Crippen molar-refractivity contribution in [3.05, 3.63) is 23.3 Å². The molecule has 58 valence electrons. The fourth-order valence-corrected chi connectivity index (χ4v) is 3.05. The predicted molar refractivity (Wildman–Crippen MR) is 46.2 cm³/mol. The maximum absolute atomic E-state index is 2.44. The Morgan fingerprint density at radius 2 is 2.27 bits per heavy atom. The van der Waals surface area contributed by atoms with E-state index in [9.17, 15) is 0 Å². The molecule has 0 heterocycles. The minimum Gasteiger partial charge on any atom is -0.0802 e. The molecule has 0 aliphatic heterocycles. The van der Waals surface area contributed by atoms with Crippen molar-refractivity contribution in [1.29, 1.82) is 0 Å². The van der Waals surface area contributed by atoms with Crippen LogP contribution in [-0.2, 0) is 0 Å². The van der Waals surface area contributed by atoms with Crippen molar-refractivity contribution < 1.29 is 0 Å². The van der Waals surface area contributed by atoms with Gasteiger partial charge in [-0.3, -0.25) is 0 Å². The Hall–Kier alpha value is -0.520. The summed E-state index contributed by atoms with van der Waals surface area (Å²) < 4.78 is 0. The van der Waals surface area contributed by atoms with Crippen LogP contribution in [0.3, 0.4) is 0 Å². The summed E-state index contributed by atoms with van der Waals surface area (Å²) >= 11 is 0. The summed E-state index contributed by atoms with van der Waals surface area (Å²) in [4.78, 5) is 0. The van der Waals surface area contributed by atoms with Gasteiger partial charge in [-0.2, -0.15) is 0 Å². The van der Waals surface area contributed by atoms with Crippen molar-refractivity contribution in [2.45, 2.75) is 32.1 Å². The summed E-state index contributed by atoms with van der Waals surface area (Å²) in [5.41, 5.74) is 3.54. The standard InChI is InChI=1S/C11H14/c1-2-4-11-9-6-5-8(7-9)10(11)3-1/h5-6,8,10H,1-4,7H2. The Kier molecular flexibility index (Phi) is 1.10. The highest BCUT2D eigenvalue weighted by molar-refractivity contribution is 5.41. The molecule has 3 rings (SSSR count). The largest absolute Gasteiger partial charge is 0.0802 e. The third-order valence-electron chi connectivity index (χ3n) is 3.59. The summed E-state index contributed by atoms with van der Waals surface area (Å²) in [6.45, 7) is 0. The Labute approximate surface area is 68.0 Å². The van der Waals surface area contributed by atoms with Gasteiger partial charge in [-0.25, -0.2) is 0 Å². The maximum Gasteiger partial charge on any atom is -0.0124 e. The second kappa shape index (κ2) is 2.00. The number of hydrogen-bond donors (Lipinski definition) is 0. The minimum atomic E-state index is 0.931. The molecule has 0 N–H and O–H groups in total. The van der Waals surface area contributed by atoms with Crippen LogP contribution in [0.4, 0.5) is 0 Å². The smallest absolute Gasteiger partial charge is 0.0124 e. The molecule has 0 saturated heterocycles. The SMILES string of the molecule is C1=CC2CC1=C1CCCCC12. The molecule has 2 unspecified atom stereocenters. The van der Waals surface area contributed by atoms with E-state index in [0.717, 1.165) is 11.8 Å². The van der Waals surface area contributed by atoms with Gasteiger partial charge in [-0.05, 0) is 43.1 Å². The van der Waals surface area contributed by atoms with Crippen LogP contribution in [0, 0.1) is 11.8 Å². The third kappa shape index (κ3) is 0.702. The van der Waals surface area contributed by atoms with E-state index in [2.05, 4.69) is 12.2 Å². The minimum absolute atomic E-state index is 0.931. The third-order valence-corrected chi connectivity index (χ3v) is 3.59. The van der Waals surface area contributed by atoms with Gasteiger partial charge in [0.05, 0.1) is 0 Å². The van der Waals surface area contributed by atoms with Crippen LogP contribution >= 0.6 is 0 Å². The molecule has 11 heavy (non-hydrogen) atoms. The molecule has 0 nitrogen and oxygen atoms in total. The molecule has 2 bridgehead atoms. The van der Waals surface area contributed by atoms with Crippen LogP contribution < -0.4 is 0 Å². The van der Waals surface area contributed by atoms with Gasteiger partial charge in [-0.15, -0.1) is 0 Å². The molecule has 0 spiro atoms. The van der Waals surface area contributed by atoms with Crippen LogP contribution in [0.25, 0.3) is 0 Å². The Balaban J connectivity index is 2.03. The normalized spacial score (nSPS) is 40.0. The molecular weight excluding hydrogens is 132 g/mol. The molecule has 0 amide bonds. The van der Waals surface area contributed by atoms with Gasteiger partial charge in [0.1, 0.15) is 0 Å². The Morgan fingerprint density at radius 1 is 1.27 bits per heavy atom. The van der Waals surface area contributed by atoms with Crippen molar-refractivity contribution >= 4 is 0 Å². The zero-order valence-electron chi connectivity index (χ0n) is 6.84. The average Bonchev–Trinajstić information content (AvgIpc) is 2.64. The summed E-state index contributed by atoms with van der Waals surface area (Å²) in [7, 11) is 0. The molecule has 0 aromatic carbocycles. The molecule has 1 fully saturated rings. The van der Waals surface area contributed by atoms with Crippen LogP contribution in [0.2, 0.25) is 0 Å². The first-order chi connectivity index (χ1) is 5.45. The van der Waals surface area contributed by atoms with Gasteiger partial charge in [-0.1, -0.05) is 24.1 Å². The van der Waals surface area contributed by atoms with Crippen LogP contribution in [0.5, 0.6) is 0 Å². The fraction of sp³-hybridized carbons (Fsp3) is 0.636. The first-order valence-electron chi connectivity index (χ1n) is 4.85. The van der Waals surface area contributed by atoms with Gasteiger partial charge >= 0.3 is 0 Å². The molecule has 1 saturated carbocycles. The highest BCUT2D eigenvalue weighted by Gasteiger charge is 2.36. The van der Waals surface area contributed by atoms with E-state index in [-0.39, 0.29) is 0 Å². The lowest BCUT2D eigenvalue weighted by molar-refractivity contribution is 0.395. The van der Waals surface area contributed by atoms with Gasteiger partial charge in [0.25, 0.3) is 0 Å². The van der Waals surface area contributed by atoms with Crippen molar-refractivity contribution in [3.8, 4) is 0 Å². The zero-order valence-corrected chi connectivity index (χ0v) is 6.84. The van der Waals surface area contributed by atoms with Crippen molar-refractivity contribution in [3.63, 3.8) is 0 Å². The maximum atomic E-state index is 2.44. The van der Waals surface area contributed by atoms with Crippen molar-refractivity contribution in [2.75, 3.05) is 0 Å². The van der Waals surface area contributed by atoms with E-state index in [4.69, 9.17) is 0 Å². The van der Waals surface area contributed by atoms with E-state index in [0.29, 0.717) is 0 Å². The summed E-state index contributed by atoms with van der Waals surface area (Å²) in [6, 6.07) is 0. The lowest BCUT2D eigenvalue weighted by Gasteiger charge is -2.26. The predicted octanol–water partition coefficient (Wildman–Crippen LogP) is 3.06. The number of rotatable bonds is 0. The van der Waals surface area contributed by atoms with Crippen molar-refractivity contribution in [2.24, 2.45) is 11.8 Å². The van der Waals surface area contributed by atoms with E-state index in [1.54, 1.807) is 5.57 Å². The van der Waals surface area contributed by atoms with Crippen LogP contribution in [-0.4, -0.2) is 0 Å². The summed E-state index contributed by atoms with van der Waals surface area (Å²) in [5.74, 6) is 1.92. The van der Waals surface area contributed by atoms with Gasteiger partial charge in [0.15, 0.2) is 0 Å². The van der Waals surface area contributed by atoms with Gasteiger partial charge < -0.3 is 0 Å². The van der Waals surface area contributed by atoms with E-state index in [1.807, 2.05) is 5.57 Å². The first kappa shape index (κ1) is 6.05. The lowest BCUT2D eigenvalue weighted by atomic mass is 9.79. The number of allylic oxidation sites excluding steroid dienone is 4. The fourth-order valence-electron chi connectivity index (χ4n) is 3.05. The van der Waals surface area contributed by atoms with Gasteiger partial charge in [0.2, 0.25) is 0 Å². The Bertz CT molecular complexity index is 245. The van der Waals surface area contributed by atoms with E-state index in [1.165, 1.54) is 32.1 Å². The molecule has 0 radical (unpaired) electrons. The molecule has 0 heteroatoms. The molecule has 2 atom stereocenters. The molecule has 3 aliphatic carbocycles. The monoisotopic (exact) mass is 146 g/mol. The highest BCUT2D eigenvalue weighted by atomic mass is 14.4. The first-order valence-corrected chi connectivity index (χ1v) is 4.85. The van der Waals surface area contributed by atoms with Crippen LogP contribution in [0.15, 0.2) is 23.3 Å². The van der Waals surface area contributed by atoms with E-state index < -0.39 is 0 Å². The van der Waals surface area contributed by atoms with Crippen molar-refractivity contribution in [1.82, 2.24) is 0 Å². The molecule has 0 aromatic heterocycles. The van der Waals surface area contributed by atoms with E-state index >= 15 is 0 Å². The zero-order chi connectivity index (χ0) is 7.26. The second-order valence-corrected chi connectivity index (χ2v) is 4.13. The quantitative estimate of drug-likeness (QED) is 0.492. The van der Waals surface area contributed by atoms with Crippen LogP contribution in [0.1, 0.15) is 32.1 Å². The lowest BCUT2D eigenvalue weighted by Crippen LogP contribution is -2.14. The Morgan fingerprint density at radius 3 is 3.18 bits per heavy atom. The second-order valence-electron chi connectivity index (χ2n) is 4.13. The highest BCUT2D eigenvalue weighted by Crippen LogP contribution is 2.49. The average molecular weight is 146 g/mol. The molecule has 0 aromatic rings. The number of hydrogen-bond acceptors (Lipinski definition) is 0. The topological polar surface area (TPSA) is 0 Å². The number of fused-ring (bicyclic) bond motifs is 4. The molecule has 3 aliphatic rings.